The molecule has 0 spiro atoms. The van der Waals surface area contributed by atoms with Crippen molar-refractivity contribution in [1.82, 2.24) is 15.2 Å². The van der Waals surface area contributed by atoms with Crippen LogP contribution in [0.15, 0.2) is 48.5 Å². The number of aromatic nitrogens is 3. The number of hydrogen-bond donors (Lipinski definition) is 2. The van der Waals surface area contributed by atoms with E-state index in [1.54, 1.807) is 19.2 Å². The van der Waals surface area contributed by atoms with Crippen LogP contribution in [0.2, 0.25) is 0 Å². The molecule has 22 heavy (non-hydrogen) atoms. The molecule has 3 N–H and O–H groups in total. The van der Waals surface area contributed by atoms with Gasteiger partial charge in [0.05, 0.1) is 13.2 Å². The first-order chi connectivity index (χ1) is 10.7. The zero-order valence-corrected chi connectivity index (χ0v) is 12.0. The minimum absolute atomic E-state index is 0.300. The van der Waals surface area contributed by atoms with E-state index in [0.29, 0.717) is 11.6 Å². The van der Waals surface area contributed by atoms with E-state index < -0.39 is 6.04 Å². The molecular weight excluding hydrogens is 283 g/mol. The number of nitrogens with one attached hydrogen (secondary N) is 1. The fraction of sp³-hybridized carbons (Fsp3) is 0.125. The largest absolute Gasteiger partial charge is 0.497 e. The number of hydrogen-bond acceptors (Lipinski definition) is 4. The third-order valence-corrected chi connectivity index (χ3v) is 3.35. The average molecular weight is 298 g/mol. The molecule has 0 radical (unpaired) electrons. The quantitative estimate of drug-likeness (QED) is 0.776. The van der Waals surface area contributed by atoms with Crippen molar-refractivity contribution in [2.45, 2.75) is 6.04 Å². The third kappa shape index (κ3) is 2.82. The van der Waals surface area contributed by atoms with Crippen LogP contribution in [-0.2, 0) is 0 Å². The molecule has 3 rings (SSSR count). The SMILES string of the molecule is COc1cccc(-c2n[nH]c([C@@H](N)c3ccc(F)cc3)n2)c1. The zero-order chi connectivity index (χ0) is 15.5. The van der Waals surface area contributed by atoms with E-state index in [1.165, 1.54) is 12.1 Å². The van der Waals surface area contributed by atoms with Gasteiger partial charge in [0.25, 0.3) is 0 Å². The number of H-pyrrole nitrogens is 1. The van der Waals surface area contributed by atoms with Crippen molar-refractivity contribution in [3.63, 3.8) is 0 Å². The van der Waals surface area contributed by atoms with Crippen molar-refractivity contribution in [3.05, 3.63) is 65.7 Å². The molecule has 1 aromatic heterocycles. The Kier molecular flexibility index (Phi) is 3.84. The second-order valence-corrected chi connectivity index (χ2v) is 4.81. The van der Waals surface area contributed by atoms with Crippen molar-refractivity contribution in [2.24, 2.45) is 5.73 Å². The fourth-order valence-electron chi connectivity index (χ4n) is 2.13. The second-order valence-electron chi connectivity index (χ2n) is 4.81. The van der Waals surface area contributed by atoms with Crippen molar-refractivity contribution in [1.29, 1.82) is 0 Å². The van der Waals surface area contributed by atoms with E-state index in [2.05, 4.69) is 15.2 Å². The van der Waals surface area contributed by atoms with Gasteiger partial charge in [-0.3, -0.25) is 5.10 Å². The molecule has 0 saturated heterocycles. The molecule has 0 saturated carbocycles. The van der Waals surface area contributed by atoms with E-state index in [-0.39, 0.29) is 5.82 Å². The van der Waals surface area contributed by atoms with Gasteiger partial charge in [0, 0.05) is 5.56 Å². The Morgan fingerprint density at radius 3 is 2.68 bits per heavy atom. The molecule has 1 heterocycles. The number of nitrogens with zero attached hydrogens (tertiary/aromatic N) is 2. The normalized spacial score (nSPS) is 12.1. The molecule has 5 nitrogen and oxygen atoms in total. The van der Waals surface area contributed by atoms with Crippen molar-refractivity contribution in [2.75, 3.05) is 7.11 Å². The highest BCUT2D eigenvalue weighted by Crippen LogP contribution is 2.23. The second kappa shape index (κ2) is 5.95. The average Bonchev–Trinajstić information content (AvgIpc) is 3.05. The minimum Gasteiger partial charge on any atom is -0.497 e. The lowest BCUT2D eigenvalue weighted by Crippen LogP contribution is -2.13. The van der Waals surface area contributed by atoms with Crippen LogP contribution in [0.25, 0.3) is 11.4 Å². The Morgan fingerprint density at radius 1 is 1.18 bits per heavy atom. The maximum Gasteiger partial charge on any atom is 0.181 e. The monoisotopic (exact) mass is 298 g/mol. The molecule has 3 aromatic rings. The first kappa shape index (κ1) is 14.2. The minimum atomic E-state index is -0.493. The van der Waals surface area contributed by atoms with Crippen molar-refractivity contribution >= 4 is 0 Å². The molecule has 1 atom stereocenters. The van der Waals surface area contributed by atoms with Gasteiger partial charge >= 0.3 is 0 Å². The standard InChI is InChI=1S/C16H15FN4O/c1-22-13-4-2-3-11(9-13)15-19-16(21-20-15)14(18)10-5-7-12(17)8-6-10/h2-9,14H,18H2,1H3,(H,19,20,21)/t14-/m0/s1. The molecule has 112 valence electrons. The smallest absolute Gasteiger partial charge is 0.181 e. The molecule has 0 aliphatic heterocycles. The summed E-state index contributed by atoms with van der Waals surface area (Å²) >= 11 is 0. The summed E-state index contributed by atoms with van der Waals surface area (Å²) in [5.41, 5.74) is 7.72. The van der Waals surface area contributed by atoms with Gasteiger partial charge in [0.15, 0.2) is 5.82 Å². The Labute approximate surface area is 127 Å². The maximum absolute atomic E-state index is 13.0. The summed E-state index contributed by atoms with van der Waals surface area (Å²) < 4.78 is 18.1. The highest BCUT2D eigenvalue weighted by molar-refractivity contribution is 5.57. The summed E-state index contributed by atoms with van der Waals surface area (Å²) in [4.78, 5) is 4.41. The molecule has 0 fully saturated rings. The van der Waals surface area contributed by atoms with Crippen LogP contribution in [0.1, 0.15) is 17.4 Å². The topological polar surface area (TPSA) is 76.8 Å². The van der Waals surface area contributed by atoms with Crippen molar-refractivity contribution < 1.29 is 9.13 Å². The van der Waals surface area contributed by atoms with Crippen LogP contribution < -0.4 is 10.5 Å². The van der Waals surface area contributed by atoms with Crippen LogP contribution in [0.5, 0.6) is 5.75 Å². The number of nitrogens with two attached hydrogens (primary N) is 1. The number of aromatic amines is 1. The summed E-state index contributed by atoms with van der Waals surface area (Å²) in [5.74, 6) is 1.48. The first-order valence-corrected chi connectivity index (χ1v) is 6.75. The lowest BCUT2D eigenvalue weighted by Gasteiger charge is -2.08. The molecule has 0 aliphatic carbocycles. The van der Waals surface area contributed by atoms with Crippen LogP contribution in [-0.4, -0.2) is 22.3 Å². The Bertz CT molecular complexity index is 770. The molecule has 0 bridgehead atoms. The van der Waals surface area contributed by atoms with E-state index in [0.717, 1.165) is 16.9 Å². The van der Waals surface area contributed by atoms with Gasteiger partial charge in [-0.1, -0.05) is 24.3 Å². The molecule has 2 aromatic carbocycles. The molecule has 6 heteroatoms. The van der Waals surface area contributed by atoms with Gasteiger partial charge in [-0.25, -0.2) is 9.37 Å². The highest BCUT2D eigenvalue weighted by Gasteiger charge is 2.15. The summed E-state index contributed by atoms with van der Waals surface area (Å²) in [6.45, 7) is 0. The highest BCUT2D eigenvalue weighted by atomic mass is 19.1. The lowest BCUT2D eigenvalue weighted by atomic mass is 10.1. The number of benzene rings is 2. The van der Waals surface area contributed by atoms with E-state index in [1.807, 2.05) is 24.3 Å². The predicted octanol–water partition coefficient (Wildman–Crippen LogP) is 2.67. The Morgan fingerprint density at radius 2 is 1.95 bits per heavy atom. The Balaban J connectivity index is 1.88. The van der Waals surface area contributed by atoms with Crippen LogP contribution in [0.4, 0.5) is 4.39 Å². The number of ether oxygens (including phenoxy) is 1. The van der Waals surface area contributed by atoms with Gasteiger partial charge in [-0.15, -0.1) is 0 Å². The number of rotatable bonds is 4. The van der Waals surface area contributed by atoms with Gasteiger partial charge in [-0.2, -0.15) is 5.10 Å². The number of halogens is 1. The van der Waals surface area contributed by atoms with E-state index in [4.69, 9.17) is 10.5 Å². The zero-order valence-electron chi connectivity index (χ0n) is 12.0. The molecule has 0 unspecified atom stereocenters. The predicted molar refractivity (Wildman–Crippen MR) is 80.8 cm³/mol. The summed E-state index contributed by atoms with van der Waals surface area (Å²) in [6.07, 6.45) is 0. The molecule has 0 aliphatic rings. The van der Waals surface area contributed by atoms with Crippen LogP contribution >= 0.6 is 0 Å². The van der Waals surface area contributed by atoms with E-state index >= 15 is 0 Å². The van der Waals surface area contributed by atoms with Gasteiger partial charge in [0.2, 0.25) is 0 Å². The third-order valence-electron chi connectivity index (χ3n) is 3.35. The molecule has 0 amide bonds. The van der Waals surface area contributed by atoms with Gasteiger partial charge < -0.3 is 10.5 Å². The lowest BCUT2D eigenvalue weighted by molar-refractivity contribution is 0.415. The summed E-state index contributed by atoms with van der Waals surface area (Å²) in [5, 5.41) is 7.01. The van der Waals surface area contributed by atoms with Gasteiger partial charge in [0.1, 0.15) is 17.4 Å². The number of methoxy groups -OCH3 is 1. The summed E-state index contributed by atoms with van der Waals surface area (Å²) in [7, 11) is 1.60. The first-order valence-electron chi connectivity index (χ1n) is 6.75. The van der Waals surface area contributed by atoms with E-state index in [9.17, 15) is 4.39 Å². The Hall–Kier alpha value is -2.73. The van der Waals surface area contributed by atoms with Crippen LogP contribution in [0, 0.1) is 5.82 Å². The molecular formula is C16H15FN4O. The van der Waals surface area contributed by atoms with Crippen molar-refractivity contribution in [3.8, 4) is 17.1 Å². The van der Waals surface area contributed by atoms with Crippen LogP contribution in [0.3, 0.4) is 0 Å². The van der Waals surface area contributed by atoms with Gasteiger partial charge in [-0.05, 0) is 29.8 Å². The summed E-state index contributed by atoms with van der Waals surface area (Å²) in [6, 6.07) is 13.0. The maximum atomic E-state index is 13.0. The fourth-order valence-corrected chi connectivity index (χ4v) is 2.13.